The van der Waals surface area contributed by atoms with Crippen molar-refractivity contribution in [3.8, 4) is 11.8 Å². The Balaban J connectivity index is 1.58. The van der Waals surface area contributed by atoms with Crippen LogP contribution in [0.2, 0.25) is 10.0 Å². The largest absolute Gasteiger partial charge is 0.424 e. The molecular weight excluding hydrogens is 461 g/mol. The van der Waals surface area contributed by atoms with Crippen LogP contribution in [0.25, 0.3) is 10.9 Å². The Morgan fingerprint density at radius 2 is 1.97 bits per heavy atom. The highest BCUT2D eigenvalue weighted by Gasteiger charge is 2.25. The first-order chi connectivity index (χ1) is 14.8. The molecule has 4 aromatic rings. The van der Waals surface area contributed by atoms with Gasteiger partial charge in [-0.15, -0.1) is 5.10 Å². The van der Waals surface area contributed by atoms with Crippen molar-refractivity contribution >= 4 is 44.1 Å². The van der Waals surface area contributed by atoms with Gasteiger partial charge < -0.3 is 9.72 Å². The van der Waals surface area contributed by atoms with E-state index in [2.05, 4.69) is 19.9 Å². The van der Waals surface area contributed by atoms with Gasteiger partial charge in [0.1, 0.15) is 10.6 Å². The van der Waals surface area contributed by atoms with Crippen molar-refractivity contribution in [3.63, 3.8) is 0 Å². The lowest BCUT2D eigenvalue weighted by Crippen LogP contribution is -2.29. The van der Waals surface area contributed by atoms with Crippen LogP contribution in [0.15, 0.2) is 53.6 Å². The molecule has 2 aromatic heterocycles. The van der Waals surface area contributed by atoms with E-state index in [1.54, 1.807) is 11.5 Å². The minimum atomic E-state index is -3.91. The van der Waals surface area contributed by atoms with E-state index in [0.717, 1.165) is 10.9 Å². The topological polar surface area (TPSA) is 102 Å². The summed E-state index contributed by atoms with van der Waals surface area (Å²) in [6, 6.07) is 11.4. The summed E-state index contributed by atoms with van der Waals surface area (Å²) in [4.78, 5) is 3.06. The number of nitrogens with one attached hydrogen (secondary N) is 2. The fourth-order valence-corrected chi connectivity index (χ4v) is 5.20. The molecule has 0 spiro atoms. The first kappa shape index (κ1) is 21.6. The first-order valence-corrected chi connectivity index (χ1v) is 11.7. The first-order valence-electron chi connectivity index (χ1n) is 9.44. The molecule has 0 aliphatic carbocycles. The van der Waals surface area contributed by atoms with E-state index in [0.29, 0.717) is 23.1 Å². The maximum absolute atomic E-state index is 12.8. The maximum Gasteiger partial charge on any atom is 0.322 e. The van der Waals surface area contributed by atoms with Gasteiger partial charge in [0.05, 0.1) is 11.1 Å². The molecule has 0 aliphatic heterocycles. The van der Waals surface area contributed by atoms with Crippen molar-refractivity contribution in [2.75, 3.05) is 0 Å². The molecule has 2 heterocycles. The molecule has 2 aromatic carbocycles. The van der Waals surface area contributed by atoms with E-state index in [1.165, 1.54) is 18.2 Å². The molecule has 2 N–H and O–H groups in total. The average Bonchev–Trinajstić information content (AvgIpc) is 3.33. The zero-order valence-corrected chi connectivity index (χ0v) is 19.0. The summed E-state index contributed by atoms with van der Waals surface area (Å²) in [7, 11) is -3.91. The van der Waals surface area contributed by atoms with Gasteiger partial charge in [0.15, 0.2) is 5.82 Å². The van der Waals surface area contributed by atoms with Gasteiger partial charge in [0.25, 0.3) is 0 Å². The Morgan fingerprint density at radius 3 is 2.71 bits per heavy atom. The zero-order chi connectivity index (χ0) is 22.2. The van der Waals surface area contributed by atoms with Crippen molar-refractivity contribution in [1.29, 1.82) is 0 Å². The van der Waals surface area contributed by atoms with Crippen molar-refractivity contribution in [3.05, 3.63) is 64.5 Å². The number of rotatable bonds is 7. The Kier molecular flexibility index (Phi) is 5.94. The van der Waals surface area contributed by atoms with E-state index < -0.39 is 16.1 Å². The molecule has 4 rings (SSSR count). The van der Waals surface area contributed by atoms with Crippen LogP contribution in [-0.2, 0) is 16.6 Å². The lowest BCUT2D eigenvalue weighted by Gasteiger charge is -2.16. The highest BCUT2D eigenvalue weighted by atomic mass is 35.5. The third kappa shape index (κ3) is 4.40. The molecular formula is C20H19Cl2N5O3S. The quantitative estimate of drug-likeness (QED) is 0.391. The van der Waals surface area contributed by atoms with Gasteiger partial charge in [-0.05, 0) is 55.6 Å². The summed E-state index contributed by atoms with van der Waals surface area (Å²) in [5.41, 5.74) is 0.932. The third-order valence-corrected chi connectivity index (χ3v) is 6.96. The summed E-state index contributed by atoms with van der Waals surface area (Å²) in [6.07, 6.45) is 1.85. The molecule has 0 amide bonds. The van der Waals surface area contributed by atoms with Crippen molar-refractivity contribution in [1.82, 2.24) is 24.5 Å². The second kappa shape index (κ2) is 8.51. The van der Waals surface area contributed by atoms with Gasteiger partial charge in [-0.3, -0.25) is 4.57 Å². The summed E-state index contributed by atoms with van der Waals surface area (Å²) in [6.45, 7) is 4.05. The summed E-state index contributed by atoms with van der Waals surface area (Å²) in [5, 5.41) is 9.70. The number of aromatic nitrogens is 4. The minimum Gasteiger partial charge on any atom is -0.424 e. The molecule has 1 atom stereocenters. The normalized spacial score (nSPS) is 12.9. The predicted molar refractivity (Wildman–Crippen MR) is 119 cm³/mol. The van der Waals surface area contributed by atoms with E-state index in [4.69, 9.17) is 27.9 Å². The second-order valence-electron chi connectivity index (χ2n) is 6.83. The fourth-order valence-electron chi connectivity index (χ4n) is 3.23. The molecule has 0 radical (unpaired) electrons. The SMILES string of the molecule is CCn1c(Oc2ccc3cc[nH]c3c2)nnc1[C@@H](C)NS(=O)(=O)c1ccc(Cl)cc1Cl. The molecule has 0 saturated carbocycles. The number of hydrogen-bond acceptors (Lipinski definition) is 5. The number of H-pyrrole nitrogens is 1. The molecule has 31 heavy (non-hydrogen) atoms. The number of sulfonamides is 1. The van der Waals surface area contributed by atoms with Crippen LogP contribution in [0.1, 0.15) is 25.7 Å². The van der Waals surface area contributed by atoms with Crippen LogP contribution in [0.3, 0.4) is 0 Å². The summed E-state index contributed by atoms with van der Waals surface area (Å²) < 4.78 is 35.8. The summed E-state index contributed by atoms with van der Waals surface area (Å²) in [5.74, 6) is 0.997. The highest BCUT2D eigenvalue weighted by Crippen LogP contribution is 2.28. The molecule has 162 valence electrons. The van der Waals surface area contributed by atoms with Crippen LogP contribution >= 0.6 is 23.2 Å². The Bertz CT molecular complexity index is 1350. The molecule has 0 saturated heterocycles. The lowest BCUT2D eigenvalue weighted by atomic mass is 10.2. The molecule has 0 unspecified atom stereocenters. The number of halogens is 2. The summed E-state index contributed by atoms with van der Waals surface area (Å²) >= 11 is 11.9. The van der Waals surface area contributed by atoms with Crippen LogP contribution in [0.5, 0.6) is 11.8 Å². The number of hydrogen-bond donors (Lipinski definition) is 2. The third-order valence-electron chi connectivity index (χ3n) is 4.70. The Hall–Kier alpha value is -2.59. The number of nitrogens with zero attached hydrogens (tertiary/aromatic N) is 3. The molecule has 8 nitrogen and oxygen atoms in total. The van der Waals surface area contributed by atoms with Crippen LogP contribution < -0.4 is 9.46 Å². The average molecular weight is 480 g/mol. The smallest absolute Gasteiger partial charge is 0.322 e. The molecule has 0 bridgehead atoms. The van der Waals surface area contributed by atoms with Crippen molar-refractivity contribution < 1.29 is 13.2 Å². The monoisotopic (exact) mass is 479 g/mol. The van der Waals surface area contributed by atoms with Gasteiger partial charge in [-0.1, -0.05) is 28.3 Å². The predicted octanol–water partition coefficient (Wildman–Crippen LogP) is 4.92. The number of aromatic amines is 1. The van der Waals surface area contributed by atoms with E-state index in [9.17, 15) is 8.42 Å². The van der Waals surface area contributed by atoms with Gasteiger partial charge in [-0.25, -0.2) is 13.1 Å². The van der Waals surface area contributed by atoms with Crippen molar-refractivity contribution in [2.24, 2.45) is 0 Å². The second-order valence-corrected chi connectivity index (χ2v) is 9.36. The lowest BCUT2D eigenvalue weighted by molar-refractivity contribution is 0.408. The van der Waals surface area contributed by atoms with Gasteiger partial charge in [-0.2, -0.15) is 0 Å². The highest BCUT2D eigenvalue weighted by molar-refractivity contribution is 7.89. The van der Waals surface area contributed by atoms with Crippen LogP contribution in [-0.4, -0.2) is 28.2 Å². The van der Waals surface area contributed by atoms with E-state index in [-0.39, 0.29) is 15.9 Å². The number of benzene rings is 2. The van der Waals surface area contributed by atoms with Crippen molar-refractivity contribution in [2.45, 2.75) is 31.3 Å². The zero-order valence-electron chi connectivity index (χ0n) is 16.6. The molecule has 0 fully saturated rings. The van der Waals surface area contributed by atoms with Gasteiger partial charge in [0, 0.05) is 29.3 Å². The van der Waals surface area contributed by atoms with E-state index in [1.807, 2.05) is 37.4 Å². The van der Waals surface area contributed by atoms with E-state index >= 15 is 0 Å². The maximum atomic E-state index is 12.8. The number of ether oxygens (including phenoxy) is 1. The Labute approximate surface area is 189 Å². The standard InChI is InChI=1S/C20H19Cl2N5O3S/c1-3-27-19(12(2)26-31(28,29)18-7-5-14(21)10-16(18)22)24-25-20(27)30-15-6-4-13-8-9-23-17(13)11-15/h4-12,23,26H,3H2,1-2H3/t12-/m1/s1. The number of fused-ring (bicyclic) bond motifs is 1. The molecule has 0 aliphatic rings. The fraction of sp³-hybridized carbons (Fsp3) is 0.200. The van der Waals surface area contributed by atoms with Gasteiger partial charge >= 0.3 is 6.01 Å². The minimum absolute atomic E-state index is 0.0351. The Morgan fingerprint density at radius 1 is 1.16 bits per heavy atom. The van der Waals surface area contributed by atoms with Gasteiger partial charge in [0.2, 0.25) is 10.0 Å². The van der Waals surface area contributed by atoms with Crippen LogP contribution in [0, 0.1) is 0 Å². The van der Waals surface area contributed by atoms with Crippen LogP contribution in [0.4, 0.5) is 0 Å². The molecule has 11 heteroatoms.